The molecule has 1 heterocycles. The van der Waals surface area contributed by atoms with Crippen LogP contribution in [0.3, 0.4) is 0 Å². The van der Waals surface area contributed by atoms with Crippen LogP contribution in [0.2, 0.25) is 0 Å². The van der Waals surface area contributed by atoms with Gasteiger partial charge in [-0.25, -0.2) is 8.42 Å². The van der Waals surface area contributed by atoms with Gasteiger partial charge in [-0.1, -0.05) is 6.07 Å². The molecule has 0 radical (unpaired) electrons. The normalized spacial score (nSPS) is 21.9. The van der Waals surface area contributed by atoms with Gasteiger partial charge in [0.1, 0.15) is 0 Å². The summed E-state index contributed by atoms with van der Waals surface area (Å²) >= 11 is 0. The number of hydrogen-bond donors (Lipinski definition) is 1. The lowest BCUT2D eigenvalue weighted by Crippen LogP contribution is -2.40. The maximum absolute atomic E-state index is 12.4. The lowest BCUT2D eigenvalue weighted by atomic mass is 10.1. The zero-order valence-electron chi connectivity index (χ0n) is 10.2. The largest absolute Gasteiger partial charge is 0.315 e. The molecule has 5 heteroatoms. The van der Waals surface area contributed by atoms with Crippen LogP contribution >= 0.6 is 0 Å². The molecule has 1 fully saturated rings. The highest BCUT2D eigenvalue weighted by Crippen LogP contribution is 2.24. The molecule has 1 aliphatic rings. The summed E-state index contributed by atoms with van der Waals surface area (Å²) in [6, 6.07) is 5.21. The van der Waals surface area contributed by atoms with Crippen molar-refractivity contribution >= 4 is 10.0 Å². The van der Waals surface area contributed by atoms with Gasteiger partial charge in [-0.15, -0.1) is 0 Å². The fraction of sp³-hybridized carbons (Fsp3) is 0.500. The van der Waals surface area contributed by atoms with Gasteiger partial charge in [-0.05, 0) is 49.9 Å². The van der Waals surface area contributed by atoms with Crippen molar-refractivity contribution in [3.63, 3.8) is 0 Å². The van der Waals surface area contributed by atoms with E-state index in [0.29, 0.717) is 11.4 Å². The molecule has 1 aliphatic heterocycles. The van der Waals surface area contributed by atoms with Crippen LogP contribution < -0.4 is 5.73 Å². The highest BCUT2D eigenvalue weighted by Gasteiger charge is 2.33. The first-order chi connectivity index (χ1) is 7.93. The van der Waals surface area contributed by atoms with Crippen molar-refractivity contribution in [3.8, 4) is 0 Å². The van der Waals surface area contributed by atoms with E-state index in [0.717, 1.165) is 24.0 Å². The van der Waals surface area contributed by atoms with E-state index in [4.69, 9.17) is 5.73 Å². The predicted molar refractivity (Wildman–Crippen MR) is 67.0 cm³/mol. The van der Waals surface area contributed by atoms with E-state index in [1.54, 1.807) is 12.1 Å². The van der Waals surface area contributed by atoms with Crippen LogP contribution in [0.5, 0.6) is 0 Å². The molecule has 1 saturated heterocycles. The number of sulfonamides is 1. The lowest BCUT2D eigenvalue weighted by molar-refractivity contribution is 0.396. The van der Waals surface area contributed by atoms with Crippen molar-refractivity contribution in [1.29, 1.82) is 0 Å². The van der Waals surface area contributed by atoms with Gasteiger partial charge in [0.15, 0.2) is 0 Å². The Morgan fingerprint density at radius 2 is 2.00 bits per heavy atom. The number of nitrogens with two attached hydrogens (primary N) is 1. The smallest absolute Gasteiger partial charge is 0.244 e. The Balaban J connectivity index is 2.41. The third-order valence-corrected chi connectivity index (χ3v) is 5.25. The topological polar surface area (TPSA) is 63.4 Å². The summed E-state index contributed by atoms with van der Waals surface area (Å²) in [5, 5.41) is 0. The molecule has 0 spiro atoms. The number of rotatable bonds is 2. The Bertz CT molecular complexity index is 525. The standard InChI is InChI=1S/C12H18N2O2S/c1-9-5-6-11(8-10(9)2)17(15,16)14-7-3-4-12(14)13/h5-6,8,12H,3-4,7,13H2,1-2H3. The van der Waals surface area contributed by atoms with Crippen LogP contribution in [-0.4, -0.2) is 25.4 Å². The molecule has 1 atom stereocenters. The third kappa shape index (κ3) is 2.22. The Morgan fingerprint density at radius 1 is 1.29 bits per heavy atom. The zero-order chi connectivity index (χ0) is 12.6. The van der Waals surface area contributed by atoms with Crippen LogP contribution in [0.4, 0.5) is 0 Å². The van der Waals surface area contributed by atoms with Gasteiger partial charge in [-0.3, -0.25) is 0 Å². The molecule has 1 aromatic carbocycles. The summed E-state index contributed by atoms with van der Waals surface area (Å²) in [7, 11) is -3.42. The fourth-order valence-electron chi connectivity index (χ4n) is 2.07. The second kappa shape index (κ2) is 4.40. The molecule has 0 aliphatic carbocycles. The molecule has 1 unspecified atom stereocenters. The van der Waals surface area contributed by atoms with Crippen molar-refractivity contribution < 1.29 is 8.42 Å². The van der Waals surface area contributed by atoms with Crippen LogP contribution in [0.15, 0.2) is 23.1 Å². The zero-order valence-corrected chi connectivity index (χ0v) is 11.0. The second-order valence-corrected chi connectivity index (χ2v) is 6.46. The first-order valence-corrected chi connectivity index (χ1v) is 7.21. The Hall–Kier alpha value is -0.910. The van der Waals surface area contributed by atoms with Gasteiger partial charge in [0.2, 0.25) is 10.0 Å². The van der Waals surface area contributed by atoms with E-state index < -0.39 is 10.0 Å². The van der Waals surface area contributed by atoms with Gasteiger partial charge < -0.3 is 5.73 Å². The minimum Gasteiger partial charge on any atom is -0.315 e. The van der Waals surface area contributed by atoms with E-state index in [-0.39, 0.29) is 6.17 Å². The van der Waals surface area contributed by atoms with E-state index >= 15 is 0 Å². The first kappa shape index (κ1) is 12.5. The molecule has 94 valence electrons. The van der Waals surface area contributed by atoms with Crippen molar-refractivity contribution in [2.24, 2.45) is 5.73 Å². The average molecular weight is 254 g/mol. The SMILES string of the molecule is Cc1ccc(S(=O)(=O)N2CCCC2N)cc1C. The number of benzene rings is 1. The molecule has 17 heavy (non-hydrogen) atoms. The summed E-state index contributed by atoms with van der Waals surface area (Å²) in [4.78, 5) is 0.345. The maximum atomic E-state index is 12.4. The maximum Gasteiger partial charge on any atom is 0.244 e. The molecule has 2 rings (SSSR count). The molecule has 0 aromatic heterocycles. The first-order valence-electron chi connectivity index (χ1n) is 5.77. The van der Waals surface area contributed by atoms with Gasteiger partial charge in [0.25, 0.3) is 0 Å². The molecular weight excluding hydrogens is 236 g/mol. The molecule has 2 N–H and O–H groups in total. The van der Waals surface area contributed by atoms with Crippen LogP contribution in [0, 0.1) is 13.8 Å². The number of hydrogen-bond acceptors (Lipinski definition) is 3. The van der Waals surface area contributed by atoms with E-state index in [1.807, 2.05) is 19.9 Å². The van der Waals surface area contributed by atoms with Crippen LogP contribution in [-0.2, 0) is 10.0 Å². The molecule has 4 nitrogen and oxygen atoms in total. The third-order valence-electron chi connectivity index (χ3n) is 3.33. The fourth-order valence-corrected chi connectivity index (χ4v) is 3.74. The predicted octanol–water partition coefficient (Wildman–Crippen LogP) is 1.37. The molecule has 0 saturated carbocycles. The molecule has 1 aromatic rings. The molecular formula is C12H18N2O2S. The van der Waals surface area contributed by atoms with Gasteiger partial charge in [-0.2, -0.15) is 4.31 Å². The summed E-state index contributed by atoms with van der Waals surface area (Å²) in [6.07, 6.45) is 1.21. The minimum absolute atomic E-state index is 0.345. The van der Waals surface area contributed by atoms with Gasteiger partial charge in [0.05, 0.1) is 11.1 Å². The Morgan fingerprint density at radius 3 is 2.53 bits per heavy atom. The second-order valence-electron chi connectivity index (χ2n) is 4.57. The quantitative estimate of drug-likeness (QED) is 0.867. The molecule has 0 amide bonds. The van der Waals surface area contributed by atoms with Crippen molar-refractivity contribution in [3.05, 3.63) is 29.3 Å². The van der Waals surface area contributed by atoms with Crippen molar-refractivity contribution in [2.45, 2.75) is 37.8 Å². The summed E-state index contributed by atoms with van der Waals surface area (Å²) in [5.41, 5.74) is 7.89. The van der Waals surface area contributed by atoms with E-state index in [9.17, 15) is 8.42 Å². The number of aryl methyl sites for hydroxylation is 2. The van der Waals surface area contributed by atoms with Gasteiger partial charge in [0, 0.05) is 6.54 Å². The molecule has 0 bridgehead atoms. The summed E-state index contributed by atoms with van der Waals surface area (Å²) in [6.45, 7) is 4.40. The van der Waals surface area contributed by atoms with Crippen molar-refractivity contribution in [2.75, 3.05) is 6.54 Å². The minimum atomic E-state index is -3.42. The van der Waals surface area contributed by atoms with Crippen LogP contribution in [0.1, 0.15) is 24.0 Å². The number of nitrogens with zero attached hydrogens (tertiary/aromatic N) is 1. The van der Waals surface area contributed by atoms with E-state index in [2.05, 4.69) is 0 Å². The highest BCUT2D eigenvalue weighted by molar-refractivity contribution is 7.89. The Kier molecular flexibility index (Phi) is 3.25. The van der Waals surface area contributed by atoms with Crippen LogP contribution in [0.25, 0.3) is 0 Å². The Labute approximate surface area is 102 Å². The lowest BCUT2D eigenvalue weighted by Gasteiger charge is -2.21. The highest BCUT2D eigenvalue weighted by atomic mass is 32.2. The van der Waals surface area contributed by atoms with Gasteiger partial charge >= 0.3 is 0 Å². The summed E-state index contributed by atoms with van der Waals surface area (Å²) in [5.74, 6) is 0. The monoisotopic (exact) mass is 254 g/mol. The average Bonchev–Trinajstić information content (AvgIpc) is 2.69. The van der Waals surface area contributed by atoms with Crippen molar-refractivity contribution in [1.82, 2.24) is 4.31 Å². The van der Waals surface area contributed by atoms with E-state index in [1.165, 1.54) is 4.31 Å². The summed E-state index contributed by atoms with van der Waals surface area (Å²) < 4.78 is 26.1.